The third-order valence-electron chi connectivity index (χ3n) is 3.63. The van der Waals surface area contributed by atoms with E-state index in [9.17, 15) is 9.90 Å². The summed E-state index contributed by atoms with van der Waals surface area (Å²) in [6.07, 6.45) is 1.38. The number of carbonyl (C=O) groups excluding carboxylic acids is 1. The van der Waals surface area contributed by atoms with E-state index in [1.807, 2.05) is 19.2 Å². The smallest absolute Gasteiger partial charge is 0.250 e. The molecule has 1 heterocycles. The van der Waals surface area contributed by atoms with Gasteiger partial charge in [-0.15, -0.1) is 10.2 Å². The molecule has 10 heteroatoms. The molecule has 0 spiro atoms. The van der Waals surface area contributed by atoms with E-state index in [1.54, 1.807) is 28.8 Å². The molecule has 28 heavy (non-hydrogen) atoms. The molecule has 3 aromatic rings. The predicted octanol–water partition coefficient (Wildman–Crippen LogP) is 3.85. The summed E-state index contributed by atoms with van der Waals surface area (Å²) in [5, 5.41) is 23.1. The van der Waals surface area contributed by atoms with Crippen molar-refractivity contribution in [2.75, 3.05) is 5.75 Å². The van der Waals surface area contributed by atoms with E-state index in [-0.39, 0.29) is 17.4 Å². The van der Waals surface area contributed by atoms with Gasteiger partial charge in [-0.05, 0) is 30.3 Å². The molecule has 0 unspecified atom stereocenters. The Morgan fingerprint density at radius 1 is 1.36 bits per heavy atom. The molecule has 0 aliphatic heterocycles. The van der Waals surface area contributed by atoms with Crippen LogP contribution in [0.1, 0.15) is 5.56 Å². The molecular weight excluding hydrogens is 466 g/mol. The lowest BCUT2D eigenvalue weighted by Gasteiger charge is -2.04. The summed E-state index contributed by atoms with van der Waals surface area (Å²) < 4.78 is 2.60. The number of carbonyl (C=O) groups is 1. The largest absolute Gasteiger partial charge is 0.507 e. The van der Waals surface area contributed by atoms with Crippen molar-refractivity contribution < 1.29 is 9.90 Å². The Bertz CT molecular complexity index is 1040. The second-order valence-corrected chi connectivity index (χ2v) is 7.96. The monoisotopic (exact) mass is 479 g/mol. The summed E-state index contributed by atoms with van der Waals surface area (Å²) in [5.41, 5.74) is 3.75. The minimum atomic E-state index is -0.303. The van der Waals surface area contributed by atoms with Gasteiger partial charge in [0.05, 0.1) is 12.0 Å². The van der Waals surface area contributed by atoms with Crippen molar-refractivity contribution in [1.82, 2.24) is 20.2 Å². The third kappa shape index (κ3) is 5.12. The topological polar surface area (TPSA) is 92.4 Å². The number of rotatable bonds is 6. The molecule has 0 radical (unpaired) electrons. The van der Waals surface area contributed by atoms with Crippen LogP contribution in [0.4, 0.5) is 0 Å². The lowest BCUT2D eigenvalue weighted by molar-refractivity contribution is -0.118. The van der Waals surface area contributed by atoms with Gasteiger partial charge in [-0.25, -0.2) is 5.43 Å². The van der Waals surface area contributed by atoms with Crippen LogP contribution < -0.4 is 5.43 Å². The minimum Gasteiger partial charge on any atom is -0.507 e. The van der Waals surface area contributed by atoms with Crippen LogP contribution in [0.3, 0.4) is 0 Å². The molecule has 3 rings (SSSR count). The van der Waals surface area contributed by atoms with E-state index in [2.05, 4.69) is 36.7 Å². The highest BCUT2D eigenvalue weighted by Crippen LogP contribution is 2.24. The van der Waals surface area contributed by atoms with Gasteiger partial charge in [-0.1, -0.05) is 51.4 Å². The van der Waals surface area contributed by atoms with Gasteiger partial charge in [0.25, 0.3) is 5.91 Å². The number of phenolic OH excluding ortho intramolecular Hbond substituents is 1. The summed E-state index contributed by atoms with van der Waals surface area (Å²) in [7, 11) is 1.82. The molecule has 0 saturated heterocycles. The average molecular weight is 481 g/mol. The lowest BCUT2D eigenvalue weighted by atomic mass is 10.2. The maximum atomic E-state index is 12.0. The van der Waals surface area contributed by atoms with Crippen LogP contribution in [0, 0.1) is 0 Å². The number of phenols is 1. The van der Waals surface area contributed by atoms with Gasteiger partial charge >= 0.3 is 0 Å². The Hall–Kier alpha value is -2.36. The van der Waals surface area contributed by atoms with Crippen molar-refractivity contribution in [1.29, 1.82) is 0 Å². The molecule has 0 saturated carbocycles. The van der Waals surface area contributed by atoms with Crippen LogP contribution in [0.5, 0.6) is 5.75 Å². The molecule has 0 bridgehead atoms. The number of benzene rings is 2. The highest BCUT2D eigenvalue weighted by molar-refractivity contribution is 9.10. The van der Waals surface area contributed by atoms with Crippen LogP contribution >= 0.6 is 39.3 Å². The first-order valence-electron chi connectivity index (χ1n) is 8.02. The third-order valence-corrected chi connectivity index (χ3v) is 5.38. The van der Waals surface area contributed by atoms with E-state index in [0.29, 0.717) is 21.6 Å². The molecule has 7 nitrogen and oxygen atoms in total. The van der Waals surface area contributed by atoms with E-state index >= 15 is 0 Å². The van der Waals surface area contributed by atoms with Gasteiger partial charge < -0.3 is 9.67 Å². The zero-order valence-electron chi connectivity index (χ0n) is 14.6. The van der Waals surface area contributed by atoms with Crippen molar-refractivity contribution in [2.24, 2.45) is 12.1 Å². The summed E-state index contributed by atoms with van der Waals surface area (Å²) in [6, 6.07) is 12.3. The molecule has 0 fully saturated rings. The number of hydrogen-bond acceptors (Lipinski definition) is 6. The fraction of sp³-hybridized carbons (Fsp3) is 0.111. The Balaban J connectivity index is 1.58. The van der Waals surface area contributed by atoms with Crippen LogP contribution in [0.25, 0.3) is 11.4 Å². The number of hydrazone groups is 1. The zero-order valence-corrected chi connectivity index (χ0v) is 17.8. The first kappa shape index (κ1) is 20.4. The molecule has 2 N–H and O–H groups in total. The number of nitrogens with zero attached hydrogens (tertiary/aromatic N) is 4. The van der Waals surface area contributed by atoms with Crippen molar-refractivity contribution in [3.05, 3.63) is 57.5 Å². The Labute approximate surface area is 178 Å². The zero-order chi connectivity index (χ0) is 20.1. The molecule has 0 aliphatic carbocycles. The quantitative estimate of drug-likeness (QED) is 0.318. The van der Waals surface area contributed by atoms with Crippen LogP contribution in [0.2, 0.25) is 5.02 Å². The lowest BCUT2D eigenvalue weighted by Crippen LogP contribution is -2.19. The molecule has 1 aromatic heterocycles. The van der Waals surface area contributed by atoms with E-state index in [4.69, 9.17) is 11.6 Å². The molecule has 1 amide bonds. The highest BCUT2D eigenvalue weighted by atomic mass is 79.9. The SMILES string of the molecule is Cn1c(SCC(=O)N/N=C\c2cc(Br)ccc2O)nnc1-c1cccc(Cl)c1. The summed E-state index contributed by atoms with van der Waals surface area (Å²) in [5.74, 6) is 0.545. The van der Waals surface area contributed by atoms with Crippen LogP contribution in [-0.4, -0.2) is 37.7 Å². The van der Waals surface area contributed by atoms with E-state index < -0.39 is 0 Å². The molecule has 0 atom stereocenters. The first-order valence-corrected chi connectivity index (χ1v) is 10.2. The van der Waals surface area contributed by atoms with E-state index in [1.165, 1.54) is 24.0 Å². The van der Waals surface area contributed by atoms with Crippen molar-refractivity contribution in [3.63, 3.8) is 0 Å². The van der Waals surface area contributed by atoms with Gasteiger partial charge in [0.1, 0.15) is 5.75 Å². The van der Waals surface area contributed by atoms with Crippen molar-refractivity contribution >= 4 is 51.4 Å². The number of amides is 1. The summed E-state index contributed by atoms with van der Waals surface area (Å²) in [4.78, 5) is 12.0. The highest BCUT2D eigenvalue weighted by Gasteiger charge is 2.13. The van der Waals surface area contributed by atoms with Crippen molar-refractivity contribution in [2.45, 2.75) is 5.16 Å². The van der Waals surface area contributed by atoms with Gasteiger partial charge in [-0.3, -0.25) is 4.79 Å². The predicted molar refractivity (Wildman–Crippen MR) is 114 cm³/mol. The van der Waals surface area contributed by atoms with Crippen molar-refractivity contribution in [3.8, 4) is 17.1 Å². The molecular formula is C18H15BrClN5O2S. The molecule has 2 aromatic carbocycles. The van der Waals surface area contributed by atoms with Gasteiger partial charge in [-0.2, -0.15) is 5.10 Å². The normalized spacial score (nSPS) is 11.1. The number of aromatic nitrogens is 3. The Kier molecular flexibility index (Phi) is 6.71. The fourth-order valence-corrected chi connectivity index (χ4v) is 3.56. The standard InChI is InChI=1S/C18H15BrClN5O2S/c1-25-17(11-3-2-4-14(20)8-11)23-24-18(25)28-10-16(27)22-21-9-12-7-13(19)5-6-15(12)26/h2-9,26H,10H2,1H3,(H,22,27)/b21-9-. The maximum absolute atomic E-state index is 12.0. The van der Waals surface area contributed by atoms with Gasteiger partial charge in [0.2, 0.25) is 0 Å². The fourth-order valence-electron chi connectivity index (χ4n) is 2.28. The summed E-state index contributed by atoms with van der Waals surface area (Å²) >= 11 is 10.6. The average Bonchev–Trinajstić information content (AvgIpc) is 3.03. The number of halogens is 2. The molecule has 0 aliphatic rings. The second-order valence-electron chi connectivity index (χ2n) is 5.66. The number of nitrogens with one attached hydrogen (secondary N) is 1. The maximum Gasteiger partial charge on any atom is 0.250 e. The number of aromatic hydroxyl groups is 1. The first-order chi connectivity index (χ1) is 13.4. The second kappa shape index (κ2) is 9.22. The van der Waals surface area contributed by atoms with E-state index in [0.717, 1.165) is 10.0 Å². The van der Waals surface area contributed by atoms with Crippen LogP contribution in [-0.2, 0) is 11.8 Å². The Morgan fingerprint density at radius 2 is 2.18 bits per heavy atom. The number of hydrogen-bond donors (Lipinski definition) is 2. The number of thioether (sulfide) groups is 1. The summed E-state index contributed by atoms with van der Waals surface area (Å²) in [6.45, 7) is 0. The van der Waals surface area contributed by atoms with Gasteiger partial charge in [0.15, 0.2) is 11.0 Å². The minimum absolute atomic E-state index is 0.0724. The van der Waals surface area contributed by atoms with Crippen LogP contribution in [0.15, 0.2) is 57.2 Å². The van der Waals surface area contributed by atoms with Gasteiger partial charge in [0, 0.05) is 27.7 Å². The Morgan fingerprint density at radius 3 is 2.96 bits per heavy atom. The molecule has 144 valence electrons.